The van der Waals surface area contributed by atoms with Crippen molar-refractivity contribution in [3.8, 4) is 0 Å². The average Bonchev–Trinajstić information content (AvgIpc) is 3.27. The predicted molar refractivity (Wildman–Crippen MR) is 115 cm³/mol. The van der Waals surface area contributed by atoms with Crippen molar-refractivity contribution in [3.63, 3.8) is 0 Å². The van der Waals surface area contributed by atoms with Crippen LogP contribution in [0.15, 0.2) is 36.4 Å². The third kappa shape index (κ3) is 4.50. The van der Waals surface area contributed by atoms with Gasteiger partial charge in [0.2, 0.25) is 5.91 Å². The minimum atomic E-state index is -4.68. The molecule has 2 aromatic heterocycles. The van der Waals surface area contributed by atoms with Crippen LogP contribution in [-0.4, -0.2) is 55.7 Å². The van der Waals surface area contributed by atoms with Gasteiger partial charge < -0.3 is 9.80 Å². The van der Waals surface area contributed by atoms with Gasteiger partial charge in [-0.25, -0.2) is 0 Å². The lowest BCUT2D eigenvalue weighted by Crippen LogP contribution is -2.42. The van der Waals surface area contributed by atoms with Crippen molar-refractivity contribution in [2.24, 2.45) is 5.92 Å². The zero-order valence-electron chi connectivity index (χ0n) is 18.4. The minimum Gasteiger partial charge on any atom is -0.355 e. The lowest BCUT2D eigenvalue weighted by molar-refractivity contribution is -0.384. The third-order valence-corrected chi connectivity index (χ3v) is 6.16. The molecular formula is C21H22F3N7O3. The number of piperidine rings is 1. The first-order valence-electron chi connectivity index (χ1n) is 10.6. The number of halogens is 3. The standard InChI is InChI=1S/C21H22F3N7O3/c1-13(15-4-3-5-16(12-15)31(33)34)28(2)19(32)14-8-10-29(11-9-14)18-7-6-17-25-26-20(21(22,23)24)30(17)27-18/h3-7,12-14H,8-11H2,1-2H3/t13-/m1/s1. The van der Waals surface area contributed by atoms with Crippen molar-refractivity contribution in [1.29, 1.82) is 0 Å². The monoisotopic (exact) mass is 477 g/mol. The number of anilines is 1. The van der Waals surface area contributed by atoms with E-state index < -0.39 is 16.9 Å². The summed E-state index contributed by atoms with van der Waals surface area (Å²) in [4.78, 5) is 27.1. The lowest BCUT2D eigenvalue weighted by Gasteiger charge is -2.35. The van der Waals surface area contributed by atoms with E-state index in [4.69, 9.17) is 0 Å². The topological polar surface area (TPSA) is 110 Å². The molecule has 1 amide bonds. The molecule has 4 rings (SSSR count). The number of fused-ring (bicyclic) bond motifs is 1. The lowest BCUT2D eigenvalue weighted by atomic mass is 9.94. The summed E-state index contributed by atoms with van der Waals surface area (Å²) < 4.78 is 40.1. The van der Waals surface area contributed by atoms with Gasteiger partial charge in [-0.3, -0.25) is 14.9 Å². The molecule has 1 saturated heterocycles. The van der Waals surface area contributed by atoms with E-state index in [1.165, 1.54) is 18.2 Å². The van der Waals surface area contributed by atoms with E-state index in [-0.39, 0.29) is 29.2 Å². The van der Waals surface area contributed by atoms with Crippen molar-refractivity contribution in [2.45, 2.75) is 32.0 Å². The second-order valence-electron chi connectivity index (χ2n) is 8.22. The van der Waals surface area contributed by atoms with Crippen LogP contribution in [0.4, 0.5) is 24.7 Å². The average molecular weight is 477 g/mol. The number of aromatic nitrogens is 4. The fraction of sp³-hybridized carbons (Fsp3) is 0.429. The molecule has 34 heavy (non-hydrogen) atoms. The number of nitro benzene ring substituents is 1. The second-order valence-corrected chi connectivity index (χ2v) is 8.22. The quantitative estimate of drug-likeness (QED) is 0.409. The van der Waals surface area contributed by atoms with E-state index in [1.54, 1.807) is 30.1 Å². The van der Waals surface area contributed by atoms with Gasteiger partial charge in [0.25, 0.3) is 11.5 Å². The second kappa shape index (κ2) is 8.88. The van der Waals surface area contributed by atoms with Crippen LogP contribution in [0.25, 0.3) is 5.65 Å². The van der Waals surface area contributed by atoms with Gasteiger partial charge in [0.1, 0.15) is 5.82 Å². The van der Waals surface area contributed by atoms with E-state index >= 15 is 0 Å². The van der Waals surface area contributed by atoms with Gasteiger partial charge in [0.15, 0.2) is 5.65 Å². The summed E-state index contributed by atoms with van der Waals surface area (Å²) in [5.74, 6) is -1.19. The molecule has 180 valence electrons. The highest BCUT2D eigenvalue weighted by Crippen LogP contribution is 2.30. The molecule has 0 aliphatic carbocycles. The Bertz CT molecular complexity index is 1220. The fourth-order valence-electron chi connectivity index (χ4n) is 4.08. The highest BCUT2D eigenvalue weighted by molar-refractivity contribution is 5.79. The maximum Gasteiger partial charge on any atom is 0.453 e. The van der Waals surface area contributed by atoms with Crippen molar-refractivity contribution in [3.05, 3.63) is 57.9 Å². The molecule has 0 N–H and O–H groups in total. The van der Waals surface area contributed by atoms with Crippen LogP contribution in [0.3, 0.4) is 0 Å². The van der Waals surface area contributed by atoms with Gasteiger partial charge in [0, 0.05) is 38.2 Å². The molecule has 0 spiro atoms. The van der Waals surface area contributed by atoms with Crippen LogP contribution in [0.1, 0.15) is 37.2 Å². The Hall–Kier alpha value is -3.77. The van der Waals surface area contributed by atoms with Gasteiger partial charge >= 0.3 is 6.18 Å². The van der Waals surface area contributed by atoms with Crippen LogP contribution in [0.5, 0.6) is 0 Å². The predicted octanol–water partition coefficient (Wildman–Crippen LogP) is 3.49. The van der Waals surface area contributed by atoms with Crippen LogP contribution < -0.4 is 4.90 Å². The maximum absolute atomic E-state index is 13.1. The molecule has 10 nitrogen and oxygen atoms in total. The van der Waals surface area contributed by atoms with E-state index in [0.29, 0.717) is 41.8 Å². The molecule has 0 bridgehead atoms. The van der Waals surface area contributed by atoms with Crippen molar-refractivity contribution in [2.75, 3.05) is 25.0 Å². The highest BCUT2D eigenvalue weighted by Gasteiger charge is 2.38. The molecule has 1 aliphatic rings. The van der Waals surface area contributed by atoms with Gasteiger partial charge in [-0.15, -0.1) is 15.3 Å². The zero-order valence-corrected chi connectivity index (χ0v) is 18.4. The Labute approximate surface area is 192 Å². The van der Waals surface area contributed by atoms with E-state index in [2.05, 4.69) is 15.3 Å². The normalized spacial score (nSPS) is 16.0. The number of benzene rings is 1. The summed E-state index contributed by atoms with van der Waals surface area (Å²) >= 11 is 0. The Morgan fingerprint density at radius 2 is 1.91 bits per heavy atom. The van der Waals surface area contributed by atoms with E-state index in [1.807, 2.05) is 11.8 Å². The number of rotatable bonds is 5. The summed E-state index contributed by atoms with van der Waals surface area (Å²) in [5, 5.41) is 21.8. The summed E-state index contributed by atoms with van der Waals surface area (Å²) in [7, 11) is 1.67. The SMILES string of the molecule is C[C@H](c1cccc([N+](=O)[O-])c1)N(C)C(=O)C1CCN(c2ccc3nnc(C(F)(F)F)n3n2)CC1. The highest BCUT2D eigenvalue weighted by atomic mass is 19.4. The summed E-state index contributed by atoms with van der Waals surface area (Å²) in [6.45, 7) is 2.69. The first kappa shape index (κ1) is 23.4. The largest absolute Gasteiger partial charge is 0.453 e. The maximum atomic E-state index is 13.1. The van der Waals surface area contributed by atoms with E-state index in [9.17, 15) is 28.1 Å². The number of alkyl halides is 3. The summed E-state index contributed by atoms with van der Waals surface area (Å²) in [6.07, 6.45) is -3.68. The molecule has 0 unspecified atom stereocenters. The smallest absolute Gasteiger partial charge is 0.355 e. The van der Waals surface area contributed by atoms with Gasteiger partial charge in [-0.2, -0.15) is 17.7 Å². The van der Waals surface area contributed by atoms with Gasteiger partial charge in [-0.05, 0) is 37.5 Å². The number of hydrogen-bond acceptors (Lipinski definition) is 7. The number of nitro groups is 1. The first-order valence-corrected chi connectivity index (χ1v) is 10.6. The molecule has 1 atom stereocenters. The third-order valence-electron chi connectivity index (χ3n) is 6.16. The summed E-state index contributed by atoms with van der Waals surface area (Å²) in [5.41, 5.74) is 0.622. The molecule has 0 saturated carbocycles. The number of carbonyl (C=O) groups is 1. The number of non-ortho nitro benzene ring substituents is 1. The van der Waals surface area contributed by atoms with E-state index in [0.717, 1.165) is 0 Å². The molecule has 1 fully saturated rings. The summed E-state index contributed by atoms with van der Waals surface area (Å²) in [6, 6.07) is 8.84. The Balaban J connectivity index is 1.43. The van der Waals surface area contributed by atoms with Crippen molar-refractivity contribution in [1.82, 2.24) is 24.7 Å². The Morgan fingerprint density at radius 1 is 1.21 bits per heavy atom. The molecule has 1 aromatic carbocycles. The minimum absolute atomic E-state index is 0.00194. The van der Waals surface area contributed by atoms with Crippen LogP contribution in [0.2, 0.25) is 0 Å². The number of nitrogens with zero attached hydrogens (tertiary/aromatic N) is 7. The van der Waals surface area contributed by atoms with Crippen LogP contribution >= 0.6 is 0 Å². The van der Waals surface area contributed by atoms with Crippen LogP contribution in [0, 0.1) is 16.0 Å². The number of carbonyl (C=O) groups excluding carboxylic acids is 1. The molecule has 3 aromatic rings. The number of hydrogen-bond donors (Lipinski definition) is 0. The van der Waals surface area contributed by atoms with Gasteiger partial charge in [-0.1, -0.05) is 12.1 Å². The Kier molecular flexibility index (Phi) is 6.11. The molecular weight excluding hydrogens is 455 g/mol. The van der Waals surface area contributed by atoms with Crippen molar-refractivity contribution < 1.29 is 22.9 Å². The first-order chi connectivity index (χ1) is 16.1. The molecule has 3 heterocycles. The van der Waals surface area contributed by atoms with Crippen LogP contribution in [-0.2, 0) is 11.0 Å². The number of amides is 1. The molecule has 1 aliphatic heterocycles. The zero-order chi connectivity index (χ0) is 24.6. The van der Waals surface area contributed by atoms with Crippen molar-refractivity contribution >= 4 is 23.1 Å². The van der Waals surface area contributed by atoms with Gasteiger partial charge in [0.05, 0.1) is 11.0 Å². The fourth-order valence-corrected chi connectivity index (χ4v) is 4.08. The molecule has 13 heteroatoms. The Morgan fingerprint density at radius 3 is 2.56 bits per heavy atom. The molecule has 0 radical (unpaired) electrons.